The molecule has 1 atom stereocenters. The summed E-state index contributed by atoms with van der Waals surface area (Å²) in [6.45, 7) is 3.87. The van der Waals surface area contributed by atoms with Crippen LogP contribution < -0.4 is 15.0 Å². The lowest BCUT2D eigenvalue weighted by molar-refractivity contribution is 0.371. The predicted octanol–water partition coefficient (Wildman–Crippen LogP) is 2.59. The Hall–Kier alpha value is -2.36. The molecule has 5 nitrogen and oxygen atoms in total. The zero-order valence-corrected chi connectivity index (χ0v) is 15.6. The second kappa shape index (κ2) is 8.65. The highest BCUT2D eigenvalue weighted by atomic mass is 32.2. The summed E-state index contributed by atoms with van der Waals surface area (Å²) < 4.78 is 24.5. The first-order chi connectivity index (χ1) is 12.0. The van der Waals surface area contributed by atoms with Crippen LogP contribution >= 0.6 is 0 Å². The minimum atomic E-state index is -1.09. The molecule has 0 aliphatic carbocycles. The Bertz CT molecular complexity index is 864. The Balaban J connectivity index is 2.60. The van der Waals surface area contributed by atoms with Gasteiger partial charge in [0.1, 0.15) is 18.1 Å². The Morgan fingerprint density at radius 1 is 1.28 bits per heavy atom. The van der Waals surface area contributed by atoms with E-state index in [2.05, 4.69) is 11.8 Å². The molecule has 1 unspecified atom stereocenters. The number of aromatic nitrogens is 1. The number of nitrogens with zero attached hydrogens (tertiary/aromatic N) is 1. The number of ether oxygens (including phenoxy) is 2. The van der Waals surface area contributed by atoms with E-state index < -0.39 is 11.2 Å². The van der Waals surface area contributed by atoms with Crippen LogP contribution in [0.4, 0.5) is 0 Å². The second-order valence-electron chi connectivity index (χ2n) is 5.22. The topological polar surface area (TPSA) is 63.5 Å². The Kier molecular flexibility index (Phi) is 6.57. The van der Waals surface area contributed by atoms with E-state index in [4.69, 9.17) is 9.47 Å². The quantitative estimate of drug-likeness (QED) is 0.587. The first-order valence-corrected chi connectivity index (χ1v) is 9.13. The van der Waals surface area contributed by atoms with Gasteiger partial charge < -0.3 is 18.6 Å². The van der Waals surface area contributed by atoms with E-state index in [-0.39, 0.29) is 17.9 Å². The summed E-state index contributed by atoms with van der Waals surface area (Å²) in [6, 6.07) is 7.06. The third-order valence-electron chi connectivity index (χ3n) is 3.63. The van der Waals surface area contributed by atoms with Crippen molar-refractivity contribution in [3.05, 3.63) is 40.8 Å². The molecule has 1 aromatic heterocycles. The third-order valence-corrected chi connectivity index (χ3v) is 4.94. The van der Waals surface area contributed by atoms with Crippen molar-refractivity contribution in [3.63, 3.8) is 0 Å². The van der Waals surface area contributed by atoms with E-state index in [9.17, 15) is 9.35 Å². The summed E-state index contributed by atoms with van der Waals surface area (Å²) in [7, 11) is 3.11. The van der Waals surface area contributed by atoms with E-state index >= 15 is 0 Å². The highest BCUT2D eigenvalue weighted by Gasteiger charge is 2.16. The molecule has 132 valence electrons. The predicted molar refractivity (Wildman–Crippen MR) is 99.6 cm³/mol. The molecule has 0 spiro atoms. The second-order valence-corrected chi connectivity index (χ2v) is 6.96. The smallest absolute Gasteiger partial charge is 0.292 e. The minimum absolute atomic E-state index is 0.223. The van der Waals surface area contributed by atoms with Gasteiger partial charge in [0.05, 0.1) is 7.11 Å². The highest BCUT2D eigenvalue weighted by molar-refractivity contribution is 7.91. The van der Waals surface area contributed by atoms with E-state index in [1.54, 1.807) is 38.4 Å². The number of rotatable bonds is 6. The fraction of sp³-hybridized carbons (Fsp3) is 0.316. The van der Waals surface area contributed by atoms with Crippen molar-refractivity contribution in [2.75, 3.05) is 19.5 Å². The molecule has 1 heterocycles. The number of aryl methyl sites for hydroxylation is 1. The molecule has 2 aromatic rings. The Morgan fingerprint density at radius 3 is 2.68 bits per heavy atom. The SMILES string of the molecule is CC#CCOc1ccc([S+]([O-])CC)cc1-c1cc(OC)c(=O)n(C)c1. The molecule has 0 N–H and O–H groups in total. The first-order valence-electron chi connectivity index (χ1n) is 7.81. The van der Waals surface area contributed by atoms with E-state index in [1.807, 2.05) is 13.0 Å². The number of methoxy groups -OCH3 is 1. The van der Waals surface area contributed by atoms with Crippen molar-refractivity contribution in [1.29, 1.82) is 0 Å². The van der Waals surface area contributed by atoms with Crippen LogP contribution in [0.25, 0.3) is 11.1 Å². The van der Waals surface area contributed by atoms with Crippen molar-refractivity contribution < 1.29 is 14.0 Å². The summed E-state index contributed by atoms with van der Waals surface area (Å²) >= 11 is -1.09. The molecule has 0 saturated carbocycles. The molecule has 1 aromatic carbocycles. The number of pyridine rings is 1. The monoisotopic (exact) mass is 359 g/mol. The van der Waals surface area contributed by atoms with Gasteiger partial charge in [-0.05, 0) is 43.2 Å². The molecule has 0 radical (unpaired) electrons. The lowest BCUT2D eigenvalue weighted by atomic mass is 10.1. The molecule has 2 rings (SSSR count). The van der Waals surface area contributed by atoms with Gasteiger partial charge >= 0.3 is 0 Å². The van der Waals surface area contributed by atoms with Crippen molar-refractivity contribution in [2.24, 2.45) is 7.05 Å². The molecule has 0 aliphatic rings. The van der Waals surface area contributed by atoms with Crippen LogP contribution in [0.2, 0.25) is 0 Å². The van der Waals surface area contributed by atoms with Crippen LogP contribution in [0.5, 0.6) is 11.5 Å². The Labute approximate surface area is 150 Å². The Morgan fingerprint density at radius 2 is 2.04 bits per heavy atom. The third kappa shape index (κ3) is 4.38. The summed E-state index contributed by atoms with van der Waals surface area (Å²) in [5.41, 5.74) is 1.26. The van der Waals surface area contributed by atoms with Gasteiger partial charge in [0.15, 0.2) is 10.6 Å². The van der Waals surface area contributed by atoms with Gasteiger partial charge in [0.25, 0.3) is 5.56 Å². The maximum Gasteiger partial charge on any atom is 0.292 e. The molecule has 6 heteroatoms. The molecular formula is C19H21NO4S. The minimum Gasteiger partial charge on any atom is -0.611 e. The van der Waals surface area contributed by atoms with E-state index in [0.29, 0.717) is 16.4 Å². The molecule has 0 fully saturated rings. The van der Waals surface area contributed by atoms with Gasteiger partial charge in [0.2, 0.25) is 0 Å². The normalized spacial score (nSPS) is 11.4. The van der Waals surface area contributed by atoms with Crippen LogP contribution in [-0.2, 0) is 18.2 Å². The van der Waals surface area contributed by atoms with Crippen LogP contribution in [0.15, 0.2) is 40.2 Å². The maximum atomic E-state index is 12.2. The standard InChI is InChI=1S/C19H21NO4S/c1-5-7-10-24-17-9-8-15(25(22)6-2)12-16(17)14-11-18(23-4)19(21)20(3)13-14/h8-9,11-13H,6,10H2,1-4H3. The largest absolute Gasteiger partial charge is 0.611 e. The van der Waals surface area contributed by atoms with Crippen molar-refractivity contribution >= 4 is 11.2 Å². The molecule has 0 aliphatic heterocycles. The van der Waals surface area contributed by atoms with Crippen LogP contribution in [-0.4, -0.2) is 28.6 Å². The van der Waals surface area contributed by atoms with Gasteiger partial charge in [-0.1, -0.05) is 5.92 Å². The molecule has 0 amide bonds. The highest BCUT2D eigenvalue weighted by Crippen LogP contribution is 2.33. The average Bonchev–Trinajstić information content (AvgIpc) is 2.63. The summed E-state index contributed by atoms with van der Waals surface area (Å²) in [6.07, 6.45) is 1.71. The van der Waals surface area contributed by atoms with Crippen LogP contribution in [0, 0.1) is 11.8 Å². The van der Waals surface area contributed by atoms with Gasteiger partial charge in [-0.15, -0.1) is 5.92 Å². The number of hydrogen-bond donors (Lipinski definition) is 0. The molecule has 0 bridgehead atoms. The van der Waals surface area contributed by atoms with E-state index in [1.165, 1.54) is 11.7 Å². The summed E-state index contributed by atoms with van der Waals surface area (Å²) in [4.78, 5) is 12.7. The van der Waals surface area contributed by atoms with Gasteiger partial charge in [-0.25, -0.2) is 0 Å². The maximum absolute atomic E-state index is 12.2. The average molecular weight is 359 g/mol. The fourth-order valence-electron chi connectivity index (χ4n) is 2.33. The van der Waals surface area contributed by atoms with Gasteiger partial charge in [-0.3, -0.25) is 4.79 Å². The van der Waals surface area contributed by atoms with E-state index in [0.717, 1.165) is 11.1 Å². The summed E-state index contributed by atoms with van der Waals surface area (Å²) in [5.74, 6) is 7.01. The number of benzene rings is 1. The molecule has 0 saturated heterocycles. The summed E-state index contributed by atoms with van der Waals surface area (Å²) in [5, 5.41) is 0. The van der Waals surface area contributed by atoms with Crippen molar-refractivity contribution in [2.45, 2.75) is 18.7 Å². The van der Waals surface area contributed by atoms with Gasteiger partial charge in [0, 0.05) is 30.4 Å². The first kappa shape index (κ1) is 19.0. The lowest BCUT2D eigenvalue weighted by Crippen LogP contribution is -2.18. The van der Waals surface area contributed by atoms with Crippen molar-refractivity contribution in [3.8, 4) is 34.5 Å². The van der Waals surface area contributed by atoms with Crippen LogP contribution in [0.1, 0.15) is 13.8 Å². The van der Waals surface area contributed by atoms with Crippen molar-refractivity contribution in [1.82, 2.24) is 4.57 Å². The van der Waals surface area contributed by atoms with Crippen LogP contribution in [0.3, 0.4) is 0 Å². The molecular weight excluding hydrogens is 338 g/mol. The number of hydrogen-bond acceptors (Lipinski definition) is 4. The zero-order valence-electron chi connectivity index (χ0n) is 14.8. The molecule has 25 heavy (non-hydrogen) atoms. The fourth-order valence-corrected chi connectivity index (χ4v) is 3.13. The van der Waals surface area contributed by atoms with Gasteiger partial charge in [-0.2, -0.15) is 0 Å². The lowest BCUT2D eigenvalue weighted by Gasteiger charge is -2.15. The zero-order chi connectivity index (χ0) is 18.4.